The van der Waals surface area contributed by atoms with Gasteiger partial charge in [-0.25, -0.2) is 0 Å². The first-order chi connectivity index (χ1) is 8.66. The lowest BCUT2D eigenvalue weighted by molar-refractivity contribution is -0.0191. The minimum Gasteiger partial charge on any atom is -0.374 e. The number of ether oxygens (including phenoxy) is 1. The molecule has 0 aromatic heterocycles. The summed E-state index contributed by atoms with van der Waals surface area (Å²) >= 11 is 3.59. The smallest absolute Gasteiger partial charge is 0.0826 e. The number of nitrogens with one attached hydrogen (secondary N) is 1. The lowest BCUT2D eigenvalue weighted by Crippen LogP contribution is -2.45. The van der Waals surface area contributed by atoms with Crippen LogP contribution < -0.4 is 5.32 Å². The van der Waals surface area contributed by atoms with Crippen LogP contribution in [0.4, 0.5) is 0 Å². The molecule has 18 heavy (non-hydrogen) atoms. The van der Waals surface area contributed by atoms with E-state index in [1.54, 1.807) is 0 Å². The van der Waals surface area contributed by atoms with E-state index in [4.69, 9.17) is 4.74 Å². The average molecular weight is 313 g/mol. The second-order valence-electron chi connectivity index (χ2n) is 4.91. The highest BCUT2D eigenvalue weighted by Gasteiger charge is 2.18. The molecule has 1 aliphatic heterocycles. The summed E-state index contributed by atoms with van der Waals surface area (Å²) in [5, 5.41) is 3.55. The number of benzene rings is 1. The van der Waals surface area contributed by atoms with Crippen molar-refractivity contribution in [2.75, 3.05) is 33.3 Å². The Labute approximate surface area is 118 Å². The minimum absolute atomic E-state index is 0.300. The second-order valence-corrected chi connectivity index (χ2v) is 5.76. The summed E-state index contributed by atoms with van der Waals surface area (Å²) < 4.78 is 6.91. The fourth-order valence-electron chi connectivity index (χ4n) is 2.23. The zero-order valence-electron chi connectivity index (χ0n) is 11.0. The molecule has 1 aliphatic rings. The Bertz CT molecular complexity index is 386. The molecule has 0 spiro atoms. The fraction of sp³-hybridized carbons (Fsp3) is 0.571. The van der Waals surface area contributed by atoms with Gasteiger partial charge < -0.3 is 15.0 Å². The zero-order valence-corrected chi connectivity index (χ0v) is 12.6. The second kappa shape index (κ2) is 6.66. The highest BCUT2D eigenvalue weighted by atomic mass is 79.9. The van der Waals surface area contributed by atoms with Gasteiger partial charge in [-0.05, 0) is 25.6 Å². The Kier molecular flexibility index (Phi) is 5.18. The van der Waals surface area contributed by atoms with Crippen LogP contribution in [0.1, 0.15) is 18.5 Å². The molecule has 100 valence electrons. The number of hydrogen-bond acceptors (Lipinski definition) is 3. The van der Waals surface area contributed by atoms with Crippen molar-refractivity contribution in [2.45, 2.75) is 19.1 Å². The Balaban J connectivity index is 1.84. The number of hydrogen-bond donors (Lipinski definition) is 1. The van der Waals surface area contributed by atoms with Crippen molar-refractivity contribution in [3.8, 4) is 0 Å². The molecule has 0 aliphatic carbocycles. The van der Waals surface area contributed by atoms with Crippen LogP contribution in [0.2, 0.25) is 0 Å². The monoisotopic (exact) mass is 312 g/mol. The van der Waals surface area contributed by atoms with Crippen molar-refractivity contribution in [3.05, 3.63) is 34.3 Å². The summed E-state index contributed by atoms with van der Waals surface area (Å²) in [4.78, 5) is 2.32. The summed E-state index contributed by atoms with van der Waals surface area (Å²) in [5.74, 6) is 0. The molecule has 0 radical (unpaired) electrons. The van der Waals surface area contributed by atoms with Gasteiger partial charge in [-0.15, -0.1) is 0 Å². The van der Waals surface area contributed by atoms with Crippen LogP contribution in [-0.4, -0.2) is 44.3 Å². The molecule has 1 unspecified atom stereocenters. The predicted molar refractivity (Wildman–Crippen MR) is 77.8 cm³/mol. The Hall–Kier alpha value is -0.420. The maximum absolute atomic E-state index is 5.75. The van der Waals surface area contributed by atoms with E-state index in [0.717, 1.165) is 30.7 Å². The molecule has 0 amide bonds. The molecule has 2 rings (SSSR count). The molecule has 2 atom stereocenters. The first-order valence-electron chi connectivity index (χ1n) is 6.45. The maximum atomic E-state index is 5.75. The van der Waals surface area contributed by atoms with Crippen LogP contribution in [0.3, 0.4) is 0 Å². The number of likely N-dealkylation sites (N-methyl/N-ethyl adjacent to an activating group) is 1. The molecule has 1 heterocycles. The van der Waals surface area contributed by atoms with Crippen molar-refractivity contribution >= 4 is 15.9 Å². The van der Waals surface area contributed by atoms with E-state index in [-0.39, 0.29) is 0 Å². The molecule has 4 heteroatoms. The van der Waals surface area contributed by atoms with E-state index in [2.05, 4.69) is 58.3 Å². The summed E-state index contributed by atoms with van der Waals surface area (Å²) in [5.41, 5.74) is 1.29. The summed E-state index contributed by atoms with van der Waals surface area (Å²) in [6.45, 7) is 5.97. The van der Waals surface area contributed by atoms with Gasteiger partial charge in [0.15, 0.2) is 0 Å². The van der Waals surface area contributed by atoms with Crippen LogP contribution in [0, 0.1) is 0 Å². The van der Waals surface area contributed by atoms with Gasteiger partial charge in [0.25, 0.3) is 0 Å². The third-order valence-corrected chi connectivity index (χ3v) is 4.09. The van der Waals surface area contributed by atoms with Crippen molar-refractivity contribution in [2.24, 2.45) is 0 Å². The van der Waals surface area contributed by atoms with Gasteiger partial charge in [-0.3, -0.25) is 0 Å². The van der Waals surface area contributed by atoms with Gasteiger partial charge in [0, 0.05) is 30.1 Å². The quantitative estimate of drug-likeness (QED) is 0.924. The Morgan fingerprint density at radius 3 is 3.00 bits per heavy atom. The van der Waals surface area contributed by atoms with Crippen molar-refractivity contribution in [3.63, 3.8) is 0 Å². The zero-order chi connectivity index (χ0) is 13.0. The molecule has 0 bridgehead atoms. The molecule has 1 aromatic rings. The Morgan fingerprint density at radius 1 is 1.50 bits per heavy atom. The van der Waals surface area contributed by atoms with Gasteiger partial charge in [-0.1, -0.05) is 34.1 Å². The number of rotatable bonds is 4. The standard InChI is InChI=1S/C14H21BrN2O/c1-11(13-5-3-4-6-14(13)15)16-9-12-10-17(2)7-8-18-12/h3-6,11-12,16H,7-10H2,1-2H3/t11-,12?/m1/s1. The van der Waals surface area contributed by atoms with Gasteiger partial charge in [0.05, 0.1) is 12.7 Å². The van der Waals surface area contributed by atoms with Gasteiger partial charge in [0.1, 0.15) is 0 Å². The maximum Gasteiger partial charge on any atom is 0.0826 e. The van der Waals surface area contributed by atoms with Gasteiger partial charge >= 0.3 is 0 Å². The lowest BCUT2D eigenvalue weighted by atomic mass is 10.1. The van der Waals surface area contributed by atoms with Gasteiger partial charge in [0.2, 0.25) is 0 Å². The summed E-state index contributed by atoms with van der Waals surface area (Å²) in [6.07, 6.45) is 0.300. The SMILES string of the molecule is C[C@@H](NCC1CN(C)CCO1)c1ccccc1Br. The molecule has 0 saturated carbocycles. The first-order valence-corrected chi connectivity index (χ1v) is 7.24. The van der Waals surface area contributed by atoms with E-state index in [0.29, 0.717) is 12.1 Å². The number of morpholine rings is 1. The molecular formula is C14H21BrN2O. The lowest BCUT2D eigenvalue weighted by Gasteiger charge is -2.31. The van der Waals surface area contributed by atoms with Crippen LogP contribution in [-0.2, 0) is 4.74 Å². The third kappa shape index (κ3) is 3.79. The summed E-state index contributed by atoms with van der Waals surface area (Å²) in [6, 6.07) is 8.67. The van der Waals surface area contributed by atoms with E-state index in [1.165, 1.54) is 5.56 Å². The fourth-order valence-corrected chi connectivity index (χ4v) is 2.86. The molecule has 1 N–H and O–H groups in total. The van der Waals surface area contributed by atoms with Crippen molar-refractivity contribution < 1.29 is 4.74 Å². The molecule has 3 nitrogen and oxygen atoms in total. The molecule has 1 fully saturated rings. The minimum atomic E-state index is 0.300. The van der Waals surface area contributed by atoms with E-state index >= 15 is 0 Å². The molecule has 1 saturated heterocycles. The Morgan fingerprint density at radius 2 is 2.28 bits per heavy atom. The first kappa shape index (κ1) is 14.0. The molecular weight excluding hydrogens is 292 g/mol. The predicted octanol–water partition coefficient (Wildman–Crippen LogP) is 2.43. The van der Waals surface area contributed by atoms with Crippen molar-refractivity contribution in [1.29, 1.82) is 0 Å². The van der Waals surface area contributed by atoms with Crippen LogP contribution in [0.15, 0.2) is 28.7 Å². The van der Waals surface area contributed by atoms with Crippen molar-refractivity contribution in [1.82, 2.24) is 10.2 Å². The van der Waals surface area contributed by atoms with Crippen LogP contribution in [0.25, 0.3) is 0 Å². The highest BCUT2D eigenvalue weighted by molar-refractivity contribution is 9.10. The number of halogens is 1. The van der Waals surface area contributed by atoms with Crippen LogP contribution in [0.5, 0.6) is 0 Å². The van der Waals surface area contributed by atoms with E-state index < -0.39 is 0 Å². The number of nitrogens with zero attached hydrogens (tertiary/aromatic N) is 1. The highest BCUT2D eigenvalue weighted by Crippen LogP contribution is 2.22. The molecule has 1 aromatic carbocycles. The summed E-state index contributed by atoms with van der Waals surface area (Å²) in [7, 11) is 2.15. The topological polar surface area (TPSA) is 24.5 Å². The third-order valence-electron chi connectivity index (χ3n) is 3.37. The van der Waals surface area contributed by atoms with E-state index in [1.807, 2.05) is 6.07 Å². The average Bonchev–Trinajstić information content (AvgIpc) is 2.37. The largest absolute Gasteiger partial charge is 0.374 e. The van der Waals surface area contributed by atoms with Gasteiger partial charge in [-0.2, -0.15) is 0 Å². The normalized spacial score (nSPS) is 22.9. The van der Waals surface area contributed by atoms with E-state index in [9.17, 15) is 0 Å². The van der Waals surface area contributed by atoms with Crippen LogP contribution >= 0.6 is 15.9 Å².